The first-order chi connectivity index (χ1) is 40.3. The molecular formula is C50H78F6N8O20. The van der Waals surface area contributed by atoms with Crippen LogP contribution in [0.1, 0.15) is 37.1 Å². The van der Waals surface area contributed by atoms with Gasteiger partial charge in [0.15, 0.2) is 11.4 Å². The highest BCUT2D eigenvalue weighted by Crippen LogP contribution is 2.29. The molecule has 480 valence electrons. The summed E-state index contributed by atoms with van der Waals surface area (Å²) in [4.78, 5) is 49.6. The number of aliphatic carboxylic acids is 1. The fraction of sp³-hybridized carbons (Fsp3) is 0.780. The maximum Gasteiger partial charge on any atom is 0.434 e. The third-order valence-corrected chi connectivity index (χ3v) is 12.1. The number of halogens is 6. The Hall–Kier alpha value is -4.73. The van der Waals surface area contributed by atoms with Gasteiger partial charge in [-0.15, -0.1) is 0 Å². The molecule has 9 atom stereocenters. The summed E-state index contributed by atoms with van der Waals surface area (Å²) in [6.07, 6.45) is -12.5. The van der Waals surface area contributed by atoms with Crippen molar-refractivity contribution in [2.45, 2.75) is 92.8 Å². The fourth-order valence-electron chi connectivity index (χ4n) is 7.60. The Morgan fingerprint density at radius 3 is 1.39 bits per heavy atom. The summed E-state index contributed by atoms with van der Waals surface area (Å²) in [7, 11) is 0. The quantitative estimate of drug-likeness (QED) is 0.0291. The highest BCUT2D eigenvalue weighted by Gasteiger charge is 2.41. The number of Topliss-reactive ketones (excluding diaryl/α,β-unsaturated/α-hetero) is 1. The van der Waals surface area contributed by atoms with Crippen molar-refractivity contribution in [3.8, 4) is 0 Å². The van der Waals surface area contributed by atoms with E-state index in [1.54, 1.807) is 0 Å². The Morgan fingerprint density at radius 1 is 0.536 bits per heavy atom. The highest BCUT2D eigenvalue weighted by atomic mass is 19.4. The van der Waals surface area contributed by atoms with Gasteiger partial charge in [-0.3, -0.25) is 29.7 Å². The topological polar surface area (TPSA) is 363 Å². The van der Waals surface area contributed by atoms with Crippen molar-refractivity contribution >= 4 is 29.3 Å². The second-order valence-electron chi connectivity index (χ2n) is 18.7. The Kier molecular flexibility index (Phi) is 34.7. The number of carboxylic acid groups (broad SMARTS) is 1. The minimum absolute atomic E-state index is 0.0336. The van der Waals surface area contributed by atoms with E-state index in [9.17, 15) is 61.2 Å². The van der Waals surface area contributed by atoms with E-state index in [2.05, 4.69) is 41.2 Å². The number of carbonyl (C=O) groups is 3. The van der Waals surface area contributed by atoms with Gasteiger partial charge in [-0.1, -0.05) is 0 Å². The van der Waals surface area contributed by atoms with Crippen molar-refractivity contribution < 1.29 is 123 Å². The van der Waals surface area contributed by atoms with E-state index in [-0.39, 0.29) is 181 Å². The van der Waals surface area contributed by atoms with Crippen LogP contribution in [0.3, 0.4) is 0 Å². The van der Waals surface area contributed by atoms with Crippen LogP contribution in [0.4, 0.5) is 38.0 Å². The van der Waals surface area contributed by atoms with Crippen LogP contribution in [0.5, 0.6) is 0 Å². The molecule has 2 fully saturated rings. The molecule has 28 nitrogen and oxygen atoms in total. The molecule has 0 radical (unpaired) electrons. The maximum absolute atomic E-state index is 12.9. The van der Waals surface area contributed by atoms with Crippen LogP contribution < -0.4 is 21.3 Å². The largest absolute Gasteiger partial charge is 0.480 e. The van der Waals surface area contributed by atoms with Crippen LogP contribution in [0.2, 0.25) is 0 Å². The van der Waals surface area contributed by atoms with Gasteiger partial charge in [0.25, 0.3) is 0 Å². The molecule has 4 rings (SSSR count). The molecule has 1 unspecified atom stereocenters. The van der Waals surface area contributed by atoms with Crippen LogP contribution in [-0.2, 0) is 83.6 Å². The number of carboxylic acids is 1. The third-order valence-electron chi connectivity index (χ3n) is 12.1. The predicted molar refractivity (Wildman–Crippen MR) is 276 cm³/mol. The Balaban J connectivity index is 0.870. The minimum atomic E-state index is -4.70. The van der Waals surface area contributed by atoms with Gasteiger partial charge in [-0.05, 0) is 6.42 Å². The average molecular weight is 1230 g/mol. The van der Waals surface area contributed by atoms with Gasteiger partial charge in [-0.25, -0.2) is 9.97 Å². The highest BCUT2D eigenvalue weighted by molar-refractivity contribution is 5.78. The van der Waals surface area contributed by atoms with Crippen LogP contribution in [0.15, 0.2) is 24.8 Å². The predicted octanol–water partition coefficient (Wildman–Crippen LogP) is -0.739. The molecule has 2 aromatic rings. The number of aliphatic hydroxyl groups excluding tert-OH is 4. The SMILES string of the molecule is O=C(O)CNC(COCCC(=O)CCCOCCOCCOCCOC[C@H]1OC[C@H](Nc2cncc(C(F)(F)F)n2)[C@@H](O)[C@H]1O)COCCC(=O)NCCOCCOCCOCCOC[C@H]1OC[C@H](Nc2cncc(C(F)(F)F)n2)[C@@H](O)[C@H]1O. The lowest BCUT2D eigenvalue weighted by Gasteiger charge is -2.38. The second kappa shape index (κ2) is 40.6. The normalized spacial score (nSPS) is 21.5. The molecule has 4 heterocycles. The Labute approximate surface area is 480 Å². The molecule has 0 saturated carbocycles. The number of amides is 1. The fourth-order valence-corrected chi connectivity index (χ4v) is 7.60. The molecule has 2 aliphatic rings. The number of anilines is 2. The molecule has 2 aromatic heterocycles. The Bertz CT molecular complexity index is 2000. The van der Waals surface area contributed by atoms with Gasteiger partial charge >= 0.3 is 18.3 Å². The van der Waals surface area contributed by atoms with Crippen LogP contribution >= 0.6 is 0 Å². The lowest BCUT2D eigenvalue weighted by atomic mass is 9.98. The maximum atomic E-state index is 12.9. The minimum Gasteiger partial charge on any atom is -0.480 e. The number of hydrogen-bond acceptors (Lipinski definition) is 26. The number of nitrogens with zero attached hydrogens (tertiary/aromatic N) is 4. The van der Waals surface area contributed by atoms with E-state index in [1.165, 1.54) is 0 Å². The summed E-state index contributed by atoms with van der Waals surface area (Å²) in [5, 5.41) is 61.7. The van der Waals surface area contributed by atoms with Gasteiger partial charge in [0, 0.05) is 32.4 Å². The number of rotatable bonds is 46. The molecule has 84 heavy (non-hydrogen) atoms. The van der Waals surface area contributed by atoms with Crippen molar-refractivity contribution in [2.75, 3.05) is 169 Å². The molecule has 34 heteroatoms. The summed E-state index contributed by atoms with van der Waals surface area (Å²) < 4.78 is 144. The zero-order valence-electron chi connectivity index (χ0n) is 46.2. The van der Waals surface area contributed by atoms with E-state index >= 15 is 0 Å². The van der Waals surface area contributed by atoms with Crippen LogP contribution in [0.25, 0.3) is 0 Å². The number of nitrogens with one attached hydrogen (secondary N) is 4. The lowest BCUT2D eigenvalue weighted by molar-refractivity contribution is -0.161. The molecule has 2 saturated heterocycles. The zero-order chi connectivity index (χ0) is 61.0. The van der Waals surface area contributed by atoms with E-state index < -0.39 is 84.5 Å². The lowest BCUT2D eigenvalue weighted by Crippen LogP contribution is -2.57. The summed E-state index contributed by atoms with van der Waals surface area (Å²) in [6, 6.07) is -2.39. The first-order valence-electron chi connectivity index (χ1n) is 27.1. The first kappa shape index (κ1) is 71.7. The van der Waals surface area contributed by atoms with Crippen molar-refractivity contribution in [2.24, 2.45) is 0 Å². The molecular weight excluding hydrogens is 1150 g/mol. The van der Waals surface area contributed by atoms with E-state index in [4.69, 9.17) is 61.9 Å². The van der Waals surface area contributed by atoms with Crippen molar-refractivity contribution in [1.29, 1.82) is 0 Å². The second-order valence-corrected chi connectivity index (χ2v) is 18.7. The number of ether oxygens (including phenoxy) is 12. The van der Waals surface area contributed by atoms with Gasteiger partial charge < -0.3 is 98.3 Å². The van der Waals surface area contributed by atoms with Crippen molar-refractivity contribution in [1.82, 2.24) is 30.6 Å². The number of carbonyl (C=O) groups excluding carboxylic acids is 2. The van der Waals surface area contributed by atoms with Gasteiger partial charge in [0.05, 0.1) is 188 Å². The molecule has 0 spiro atoms. The Morgan fingerprint density at radius 2 is 0.952 bits per heavy atom. The molecule has 2 aliphatic heterocycles. The molecule has 0 bridgehead atoms. The van der Waals surface area contributed by atoms with Gasteiger partial charge in [-0.2, -0.15) is 26.3 Å². The molecule has 9 N–H and O–H groups in total. The number of ketones is 1. The van der Waals surface area contributed by atoms with E-state index in [1.807, 2.05) is 0 Å². The van der Waals surface area contributed by atoms with Crippen molar-refractivity contribution in [3.63, 3.8) is 0 Å². The van der Waals surface area contributed by atoms with Crippen molar-refractivity contribution in [3.05, 3.63) is 36.2 Å². The van der Waals surface area contributed by atoms with E-state index in [0.717, 1.165) is 12.4 Å². The molecule has 1 amide bonds. The van der Waals surface area contributed by atoms with Crippen LogP contribution in [-0.4, -0.2) is 276 Å². The molecule has 0 aromatic carbocycles. The van der Waals surface area contributed by atoms with Gasteiger partial charge in [0.2, 0.25) is 5.91 Å². The molecule has 0 aliphatic carbocycles. The monoisotopic (exact) mass is 1220 g/mol. The zero-order valence-corrected chi connectivity index (χ0v) is 46.2. The number of hydrogen-bond donors (Lipinski definition) is 9. The smallest absolute Gasteiger partial charge is 0.434 e. The average Bonchev–Trinajstić information content (AvgIpc) is 3.61. The van der Waals surface area contributed by atoms with E-state index in [0.29, 0.717) is 38.6 Å². The summed E-state index contributed by atoms with van der Waals surface area (Å²) in [5.41, 5.74) is -2.42. The summed E-state index contributed by atoms with van der Waals surface area (Å²) in [6.45, 7) is 3.33. The summed E-state index contributed by atoms with van der Waals surface area (Å²) in [5.74, 6) is -1.86. The first-order valence-corrected chi connectivity index (χ1v) is 27.1. The van der Waals surface area contributed by atoms with Gasteiger partial charge in [0.1, 0.15) is 54.0 Å². The number of aromatic nitrogens is 4. The van der Waals surface area contributed by atoms with Crippen LogP contribution in [0, 0.1) is 0 Å². The number of alkyl halides is 6. The standard InChI is InChI=1S/C50H78F6N8O20/c51-49(52,53)39-22-57-24-41(63-39)61-35-29-83-37(47(71)45(35)69)31-81-20-18-77-16-14-75-12-10-73-6-1-2-34(65)3-7-79-27-33(60-26-44(67)68)28-80-8-4-43(66)59-5-9-74-11-13-76-15-17-78-19-21-82-32-38-48(72)46(70)36(30-84-38)62-42-25-58-23-40(64-42)50(54,55)56/h22-25,33,35-38,45-48,60,69-72H,1-21,26-32H2,(H,59,66)(H,61,63)(H,62,64)(H,67,68)/t33?,35-,36-,37+,38+,45+,46+,47-,48-/m0/s1. The number of aliphatic hydroxyl groups is 4. The summed E-state index contributed by atoms with van der Waals surface area (Å²) >= 11 is 0. The third kappa shape index (κ3) is 30.1.